The highest BCUT2D eigenvalue weighted by molar-refractivity contribution is 6.03. The predicted octanol–water partition coefficient (Wildman–Crippen LogP) is 3.79. The van der Waals surface area contributed by atoms with Gasteiger partial charge < -0.3 is 15.4 Å². The standard InChI is InChI=1S/C19H18N4O2/c1-13-20-17(19(24)23-14-7-4-3-5-8-14)12-18(21-13)22-15-9-6-10-16(11-15)25-2/h3-12H,1-2H3,(H,23,24)(H,20,21,22). The van der Waals surface area contributed by atoms with E-state index in [-0.39, 0.29) is 5.91 Å². The summed E-state index contributed by atoms with van der Waals surface area (Å²) < 4.78 is 5.21. The summed E-state index contributed by atoms with van der Waals surface area (Å²) in [5.74, 6) is 1.49. The summed E-state index contributed by atoms with van der Waals surface area (Å²) in [7, 11) is 1.61. The van der Waals surface area contributed by atoms with E-state index in [9.17, 15) is 4.79 Å². The number of rotatable bonds is 5. The van der Waals surface area contributed by atoms with Gasteiger partial charge in [0.05, 0.1) is 7.11 Å². The number of carbonyl (C=O) groups excluding carboxylic acids is 1. The second-order valence-electron chi connectivity index (χ2n) is 5.36. The third-order valence-corrected chi connectivity index (χ3v) is 3.44. The van der Waals surface area contributed by atoms with Crippen molar-refractivity contribution in [1.29, 1.82) is 0 Å². The number of methoxy groups -OCH3 is 1. The number of benzene rings is 2. The first-order valence-electron chi connectivity index (χ1n) is 7.77. The molecule has 0 spiro atoms. The summed E-state index contributed by atoms with van der Waals surface area (Å²) in [5, 5.41) is 5.99. The number of amides is 1. The van der Waals surface area contributed by atoms with Gasteiger partial charge in [0.2, 0.25) is 0 Å². The number of aryl methyl sites for hydroxylation is 1. The molecule has 0 aliphatic heterocycles. The molecule has 6 heteroatoms. The van der Waals surface area contributed by atoms with E-state index in [4.69, 9.17) is 4.74 Å². The fraction of sp³-hybridized carbons (Fsp3) is 0.105. The molecule has 6 nitrogen and oxygen atoms in total. The first-order chi connectivity index (χ1) is 12.1. The van der Waals surface area contributed by atoms with Crippen molar-refractivity contribution in [3.8, 4) is 5.75 Å². The Labute approximate surface area is 145 Å². The van der Waals surface area contributed by atoms with Crippen LogP contribution in [0.15, 0.2) is 60.7 Å². The Morgan fingerprint density at radius 3 is 2.48 bits per heavy atom. The summed E-state index contributed by atoms with van der Waals surface area (Å²) in [6.45, 7) is 1.75. The topological polar surface area (TPSA) is 76.1 Å². The second kappa shape index (κ2) is 7.44. The Kier molecular flexibility index (Phi) is 4.89. The summed E-state index contributed by atoms with van der Waals surface area (Å²) in [6, 6.07) is 18.3. The third kappa shape index (κ3) is 4.32. The van der Waals surface area contributed by atoms with Gasteiger partial charge >= 0.3 is 0 Å². The Morgan fingerprint density at radius 1 is 0.960 bits per heavy atom. The molecule has 0 atom stereocenters. The van der Waals surface area contributed by atoms with E-state index >= 15 is 0 Å². The molecule has 0 saturated heterocycles. The van der Waals surface area contributed by atoms with Crippen LogP contribution in [0, 0.1) is 6.92 Å². The molecule has 25 heavy (non-hydrogen) atoms. The zero-order chi connectivity index (χ0) is 17.6. The van der Waals surface area contributed by atoms with Crippen molar-refractivity contribution in [2.24, 2.45) is 0 Å². The van der Waals surface area contributed by atoms with Gasteiger partial charge in [-0.25, -0.2) is 9.97 Å². The van der Waals surface area contributed by atoms with Crippen LogP contribution in [0.4, 0.5) is 17.2 Å². The molecular formula is C19H18N4O2. The quantitative estimate of drug-likeness (QED) is 0.742. The minimum atomic E-state index is -0.287. The number of hydrogen-bond donors (Lipinski definition) is 2. The summed E-state index contributed by atoms with van der Waals surface area (Å²) in [6.07, 6.45) is 0. The summed E-state index contributed by atoms with van der Waals surface area (Å²) in [4.78, 5) is 21.0. The van der Waals surface area contributed by atoms with Gasteiger partial charge in [0.15, 0.2) is 0 Å². The van der Waals surface area contributed by atoms with Crippen LogP contribution in [0.1, 0.15) is 16.3 Å². The lowest BCUT2D eigenvalue weighted by Crippen LogP contribution is -2.15. The lowest BCUT2D eigenvalue weighted by Gasteiger charge is -2.10. The Morgan fingerprint density at radius 2 is 1.72 bits per heavy atom. The van der Waals surface area contributed by atoms with Crippen molar-refractivity contribution in [1.82, 2.24) is 9.97 Å². The monoisotopic (exact) mass is 334 g/mol. The maximum atomic E-state index is 12.4. The molecule has 0 aliphatic carbocycles. The molecule has 126 valence electrons. The van der Waals surface area contributed by atoms with Crippen molar-refractivity contribution < 1.29 is 9.53 Å². The van der Waals surface area contributed by atoms with Crippen LogP contribution in [0.25, 0.3) is 0 Å². The van der Waals surface area contributed by atoms with E-state index < -0.39 is 0 Å². The van der Waals surface area contributed by atoms with E-state index in [2.05, 4.69) is 20.6 Å². The van der Waals surface area contributed by atoms with Gasteiger partial charge in [-0.2, -0.15) is 0 Å². The maximum Gasteiger partial charge on any atom is 0.274 e. The molecule has 1 amide bonds. The summed E-state index contributed by atoms with van der Waals surface area (Å²) in [5.41, 5.74) is 1.82. The van der Waals surface area contributed by atoms with E-state index in [1.807, 2.05) is 54.6 Å². The van der Waals surface area contributed by atoms with Gasteiger partial charge in [0.25, 0.3) is 5.91 Å². The molecule has 0 saturated carbocycles. The van der Waals surface area contributed by atoms with Crippen LogP contribution >= 0.6 is 0 Å². The molecule has 1 aromatic heterocycles. The zero-order valence-electron chi connectivity index (χ0n) is 14.0. The maximum absolute atomic E-state index is 12.4. The molecular weight excluding hydrogens is 316 g/mol. The smallest absolute Gasteiger partial charge is 0.274 e. The van der Waals surface area contributed by atoms with Gasteiger partial charge in [-0.05, 0) is 31.2 Å². The number of nitrogens with one attached hydrogen (secondary N) is 2. The number of aromatic nitrogens is 2. The molecule has 0 radical (unpaired) electrons. The first-order valence-corrected chi connectivity index (χ1v) is 7.77. The van der Waals surface area contributed by atoms with Gasteiger partial charge in [-0.1, -0.05) is 24.3 Å². The highest BCUT2D eigenvalue weighted by Crippen LogP contribution is 2.21. The lowest BCUT2D eigenvalue weighted by molar-refractivity contribution is 0.102. The SMILES string of the molecule is COc1cccc(Nc2cc(C(=O)Nc3ccccc3)nc(C)n2)c1. The first kappa shape index (κ1) is 16.4. The van der Waals surface area contributed by atoms with Gasteiger partial charge in [0, 0.05) is 23.5 Å². The van der Waals surface area contributed by atoms with Crippen LogP contribution in [0.3, 0.4) is 0 Å². The number of para-hydroxylation sites is 1. The van der Waals surface area contributed by atoms with Crippen LogP contribution in [0.2, 0.25) is 0 Å². The molecule has 3 rings (SSSR count). The number of hydrogen-bond acceptors (Lipinski definition) is 5. The molecule has 0 unspecified atom stereocenters. The van der Waals surface area contributed by atoms with Crippen LogP contribution < -0.4 is 15.4 Å². The lowest BCUT2D eigenvalue weighted by atomic mass is 10.2. The molecule has 2 aromatic carbocycles. The van der Waals surface area contributed by atoms with Crippen LogP contribution in [-0.4, -0.2) is 23.0 Å². The Balaban J connectivity index is 1.81. The fourth-order valence-corrected chi connectivity index (χ4v) is 2.31. The molecule has 3 aromatic rings. The number of anilines is 3. The molecule has 2 N–H and O–H groups in total. The van der Waals surface area contributed by atoms with Gasteiger partial charge in [0.1, 0.15) is 23.1 Å². The van der Waals surface area contributed by atoms with Crippen molar-refractivity contribution in [2.45, 2.75) is 6.92 Å². The average molecular weight is 334 g/mol. The van der Waals surface area contributed by atoms with Crippen LogP contribution in [-0.2, 0) is 0 Å². The Hall–Kier alpha value is -3.41. The summed E-state index contributed by atoms with van der Waals surface area (Å²) >= 11 is 0. The number of ether oxygens (including phenoxy) is 1. The number of nitrogens with zero attached hydrogens (tertiary/aromatic N) is 2. The van der Waals surface area contributed by atoms with Crippen LogP contribution in [0.5, 0.6) is 5.75 Å². The van der Waals surface area contributed by atoms with Crippen molar-refractivity contribution >= 4 is 23.1 Å². The molecule has 0 fully saturated rings. The average Bonchev–Trinajstić information content (AvgIpc) is 2.62. The molecule has 1 heterocycles. The third-order valence-electron chi connectivity index (χ3n) is 3.44. The van der Waals surface area contributed by atoms with Crippen molar-refractivity contribution in [3.05, 3.63) is 72.2 Å². The molecule has 0 bridgehead atoms. The normalized spacial score (nSPS) is 10.2. The zero-order valence-corrected chi connectivity index (χ0v) is 14.0. The highest BCUT2D eigenvalue weighted by Gasteiger charge is 2.11. The largest absolute Gasteiger partial charge is 0.497 e. The fourth-order valence-electron chi connectivity index (χ4n) is 2.31. The highest BCUT2D eigenvalue weighted by atomic mass is 16.5. The van der Waals surface area contributed by atoms with E-state index in [1.54, 1.807) is 20.1 Å². The van der Waals surface area contributed by atoms with Crippen molar-refractivity contribution in [3.63, 3.8) is 0 Å². The Bertz CT molecular complexity index is 882. The van der Waals surface area contributed by atoms with Crippen molar-refractivity contribution in [2.75, 3.05) is 17.7 Å². The van der Waals surface area contributed by atoms with E-state index in [0.29, 0.717) is 23.0 Å². The van der Waals surface area contributed by atoms with E-state index in [0.717, 1.165) is 11.4 Å². The van der Waals surface area contributed by atoms with Gasteiger partial charge in [-0.15, -0.1) is 0 Å². The predicted molar refractivity (Wildman–Crippen MR) is 97.4 cm³/mol. The minimum absolute atomic E-state index is 0.287. The molecule has 0 aliphatic rings. The second-order valence-corrected chi connectivity index (χ2v) is 5.36. The van der Waals surface area contributed by atoms with E-state index in [1.165, 1.54) is 0 Å². The van der Waals surface area contributed by atoms with Gasteiger partial charge in [-0.3, -0.25) is 4.79 Å². The number of carbonyl (C=O) groups is 1. The minimum Gasteiger partial charge on any atom is -0.497 e.